The van der Waals surface area contributed by atoms with Gasteiger partial charge in [0, 0.05) is 31.4 Å². The van der Waals surface area contributed by atoms with Crippen LogP contribution in [0.2, 0.25) is 0 Å². The minimum absolute atomic E-state index is 0.139. The van der Waals surface area contributed by atoms with Gasteiger partial charge < -0.3 is 26.4 Å². The molecule has 9 heteroatoms. The highest BCUT2D eigenvalue weighted by molar-refractivity contribution is 5.91. The van der Waals surface area contributed by atoms with Crippen LogP contribution in [0, 0.1) is 5.41 Å². The van der Waals surface area contributed by atoms with Gasteiger partial charge >= 0.3 is 0 Å². The Balaban J connectivity index is 2.46. The first-order valence-corrected chi connectivity index (χ1v) is 8.33. The molecule has 26 heavy (non-hydrogen) atoms. The molecule has 142 valence electrons. The van der Waals surface area contributed by atoms with E-state index in [-0.39, 0.29) is 17.8 Å². The van der Waals surface area contributed by atoms with E-state index in [0.717, 1.165) is 0 Å². The van der Waals surface area contributed by atoms with Crippen LogP contribution in [0.3, 0.4) is 0 Å². The normalized spacial score (nSPS) is 15.1. The third-order valence-corrected chi connectivity index (χ3v) is 4.00. The van der Waals surface area contributed by atoms with E-state index < -0.39 is 0 Å². The molecule has 0 aliphatic carbocycles. The summed E-state index contributed by atoms with van der Waals surface area (Å²) < 4.78 is 13.6. The molecule has 0 bridgehead atoms. The Bertz CT molecular complexity index is 733. The second kappa shape index (κ2) is 7.69. The number of hydrazine groups is 1. The summed E-state index contributed by atoms with van der Waals surface area (Å²) in [6.45, 7) is 6.88. The highest BCUT2D eigenvalue weighted by Crippen LogP contribution is 2.30. The standard InChI is InChI=1S/C17H27FN8/c1-17(2,3)16-23-14(22-9-12(7-19)25(4)21)13(8-20)15(24-16)26-6-5-11(18)10-26/h5,7-8,20H,6,9-10,19,21H2,1-4H3,(H,22,23,24)/b12-7-,20-8?. The molecule has 0 fully saturated rings. The highest BCUT2D eigenvalue weighted by atomic mass is 19.1. The second-order valence-electron chi connectivity index (χ2n) is 7.18. The average molecular weight is 362 g/mol. The Labute approximate surface area is 153 Å². The van der Waals surface area contributed by atoms with Gasteiger partial charge in [0.15, 0.2) is 0 Å². The van der Waals surface area contributed by atoms with Crippen LogP contribution < -0.4 is 21.8 Å². The zero-order valence-corrected chi connectivity index (χ0v) is 15.7. The summed E-state index contributed by atoms with van der Waals surface area (Å²) in [6.07, 6.45) is 4.10. The number of nitrogens with one attached hydrogen (secondary N) is 2. The molecule has 0 amide bonds. The number of anilines is 2. The average Bonchev–Trinajstić information content (AvgIpc) is 2.99. The number of likely N-dealkylation sites (N-methyl/N-ethyl adjacent to an activating group) is 1. The lowest BCUT2D eigenvalue weighted by molar-refractivity contribution is 0.435. The van der Waals surface area contributed by atoms with Gasteiger partial charge in [-0.2, -0.15) is 0 Å². The fourth-order valence-corrected chi connectivity index (χ4v) is 2.46. The Morgan fingerprint density at radius 1 is 1.46 bits per heavy atom. The molecule has 1 aromatic heterocycles. The van der Waals surface area contributed by atoms with Crippen LogP contribution in [0.5, 0.6) is 0 Å². The number of hydrogen-bond acceptors (Lipinski definition) is 8. The molecular weight excluding hydrogens is 335 g/mol. The van der Waals surface area contributed by atoms with Gasteiger partial charge in [-0.15, -0.1) is 0 Å². The fraction of sp³-hybridized carbons (Fsp3) is 0.471. The molecule has 0 spiro atoms. The van der Waals surface area contributed by atoms with Gasteiger partial charge in [-0.1, -0.05) is 20.8 Å². The monoisotopic (exact) mass is 362 g/mol. The van der Waals surface area contributed by atoms with Gasteiger partial charge in [-0.25, -0.2) is 20.2 Å². The van der Waals surface area contributed by atoms with Crippen molar-refractivity contribution in [2.45, 2.75) is 26.2 Å². The molecule has 0 aromatic carbocycles. The lowest BCUT2D eigenvalue weighted by Crippen LogP contribution is -2.31. The maximum atomic E-state index is 13.6. The van der Waals surface area contributed by atoms with Crippen molar-refractivity contribution in [3.05, 3.63) is 35.2 Å². The summed E-state index contributed by atoms with van der Waals surface area (Å²) >= 11 is 0. The summed E-state index contributed by atoms with van der Waals surface area (Å²) in [5.41, 5.74) is 6.44. The fourth-order valence-electron chi connectivity index (χ4n) is 2.46. The lowest BCUT2D eigenvalue weighted by atomic mass is 9.95. The Morgan fingerprint density at radius 2 is 2.15 bits per heavy atom. The number of nitrogens with zero attached hydrogens (tertiary/aromatic N) is 4. The molecule has 1 aromatic rings. The number of aromatic nitrogens is 2. The van der Waals surface area contributed by atoms with Crippen molar-refractivity contribution in [3.63, 3.8) is 0 Å². The van der Waals surface area contributed by atoms with Crippen molar-refractivity contribution in [3.8, 4) is 0 Å². The van der Waals surface area contributed by atoms with E-state index in [9.17, 15) is 4.39 Å². The molecule has 8 nitrogen and oxygen atoms in total. The van der Waals surface area contributed by atoms with Gasteiger partial charge in [0.05, 0.1) is 24.4 Å². The van der Waals surface area contributed by atoms with E-state index in [1.54, 1.807) is 11.9 Å². The van der Waals surface area contributed by atoms with Crippen molar-refractivity contribution in [1.29, 1.82) is 5.41 Å². The number of hydrogen-bond donors (Lipinski definition) is 4. The SMILES string of the molecule is CN(N)/C(=C\N)CNc1nc(C(C)(C)C)nc(N2CC=C(F)C2)c1C=N. The summed E-state index contributed by atoms with van der Waals surface area (Å²) in [5.74, 6) is 7.16. The maximum Gasteiger partial charge on any atom is 0.144 e. The first-order chi connectivity index (χ1) is 12.2. The number of halogens is 1. The van der Waals surface area contributed by atoms with E-state index in [1.165, 1.54) is 23.5 Å². The Kier molecular flexibility index (Phi) is 5.81. The molecule has 6 N–H and O–H groups in total. The first-order valence-electron chi connectivity index (χ1n) is 8.33. The summed E-state index contributed by atoms with van der Waals surface area (Å²) in [4.78, 5) is 11.0. The van der Waals surface area contributed by atoms with Crippen LogP contribution in [-0.4, -0.2) is 47.9 Å². The van der Waals surface area contributed by atoms with Crippen LogP contribution in [0.4, 0.5) is 16.0 Å². The quantitative estimate of drug-likeness (QED) is 0.343. The smallest absolute Gasteiger partial charge is 0.144 e. The van der Waals surface area contributed by atoms with Crippen molar-refractivity contribution in [1.82, 2.24) is 15.0 Å². The number of nitrogens with two attached hydrogens (primary N) is 2. The van der Waals surface area contributed by atoms with Crippen molar-refractivity contribution in [2.75, 3.05) is 36.9 Å². The van der Waals surface area contributed by atoms with Crippen molar-refractivity contribution >= 4 is 17.9 Å². The van der Waals surface area contributed by atoms with Crippen LogP contribution in [-0.2, 0) is 5.41 Å². The van der Waals surface area contributed by atoms with E-state index >= 15 is 0 Å². The Morgan fingerprint density at radius 3 is 2.62 bits per heavy atom. The summed E-state index contributed by atoms with van der Waals surface area (Å²) in [6, 6.07) is 0. The zero-order chi connectivity index (χ0) is 19.5. The van der Waals surface area contributed by atoms with E-state index in [4.69, 9.17) is 17.0 Å². The predicted octanol–water partition coefficient (Wildman–Crippen LogP) is 1.46. The van der Waals surface area contributed by atoms with Crippen LogP contribution in [0.1, 0.15) is 32.2 Å². The molecule has 0 saturated carbocycles. The van der Waals surface area contributed by atoms with Gasteiger partial charge in [-0.3, -0.25) is 0 Å². The Hall–Kier alpha value is -2.68. The minimum atomic E-state index is -0.311. The molecule has 0 radical (unpaired) electrons. The zero-order valence-electron chi connectivity index (χ0n) is 15.7. The van der Waals surface area contributed by atoms with Crippen LogP contribution in [0.25, 0.3) is 0 Å². The van der Waals surface area contributed by atoms with Gasteiger partial charge in [0.2, 0.25) is 0 Å². The van der Waals surface area contributed by atoms with Gasteiger partial charge in [0.1, 0.15) is 23.3 Å². The molecular formula is C17H27FN8. The third-order valence-electron chi connectivity index (χ3n) is 4.00. The van der Waals surface area contributed by atoms with Gasteiger partial charge in [0.25, 0.3) is 0 Å². The minimum Gasteiger partial charge on any atom is -0.403 e. The first kappa shape index (κ1) is 19.6. The largest absolute Gasteiger partial charge is 0.403 e. The summed E-state index contributed by atoms with van der Waals surface area (Å²) in [7, 11) is 1.68. The van der Waals surface area contributed by atoms with Gasteiger partial charge in [-0.05, 0) is 6.08 Å². The van der Waals surface area contributed by atoms with E-state index in [2.05, 4.69) is 15.3 Å². The highest BCUT2D eigenvalue weighted by Gasteiger charge is 2.26. The molecule has 2 heterocycles. The molecule has 0 unspecified atom stereocenters. The van der Waals surface area contributed by atoms with E-state index in [0.29, 0.717) is 41.8 Å². The molecule has 1 aliphatic rings. The topological polar surface area (TPSA) is 120 Å². The second-order valence-corrected chi connectivity index (χ2v) is 7.18. The van der Waals surface area contributed by atoms with Crippen molar-refractivity contribution in [2.24, 2.45) is 11.6 Å². The molecule has 0 atom stereocenters. The maximum absolute atomic E-state index is 13.6. The lowest BCUT2D eigenvalue weighted by Gasteiger charge is -2.25. The van der Waals surface area contributed by atoms with Crippen LogP contribution >= 0.6 is 0 Å². The van der Waals surface area contributed by atoms with E-state index in [1.807, 2.05) is 20.8 Å². The molecule has 0 saturated heterocycles. The third kappa shape index (κ3) is 4.29. The van der Waals surface area contributed by atoms with Crippen LogP contribution in [0.15, 0.2) is 23.8 Å². The number of rotatable bonds is 6. The predicted molar refractivity (Wildman–Crippen MR) is 103 cm³/mol. The summed E-state index contributed by atoms with van der Waals surface area (Å²) in [5, 5.41) is 12.4. The van der Waals surface area contributed by atoms with Crippen molar-refractivity contribution < 1.29 is 4.39 Å². The molecule has 1 aliphatic heterocycles. The molecule has 2 rings (SSSR count).